The molecule has 0 bridgehead atoms. The minimum absolute atomic E-state index is 0.312. The molecule has 3 aliphatic rings. The Morgan fingerprint density at radius 3 is 2.64 bits per heavy atom. The largest absolute Gasteiger partial charge is 0.493 e. The Morgan fingerprint density at radius 2 is 1.94 bits per heavy atom. The number of hydrogen-bond acceptors (Lipinski definition) is 6. The van der Waals surface area contributed by atoms with E-state index in [0.29, 0.717) is 42.6 Å². The van der Waals surface area contributed by atoms with Crippen LogP contribution < -0.4 is 10.1 Å². The van der Waals surface area contributed by atoms with Gasteiger partial charge in [-0.25, -0.2) is 8.42 Å². The molecule has 1 aliphatic carbocycles. The SMILES string of the molecule is CC1CC(COc2ccc(S(=O)(=O)C3CNC3)cc2)CN1C1CCc2ccc(C#N)cc2C1. The smallest absolute Gasteiger partial charge is 0.183 e. The lowest BCUT2D eigenvalue weighted by molar-refractivity contribution is 0.164. The zero-order chi connectivity index (χ0) is 23.0. The Bertz CT molecular complexity index is 1150. The molecule has 2 heterocycles. The van der Waals surface area contributed by atoms with Gasteiger partial charge in [-0.3, -0.25) is 4.90 Å². The second-order valence-corrected chi connectivity index (χ2v) is 12.0. The van der Waals surface area contributed by atoms with Gasteiger partial charge < -0.3 is 10.1 Å². The second-order valence-electron chi connectivity index (χ2n) is 9.75. The van der Waals surface area contributed by atoms with Crippen LogP contribution in [0.25, 0.3) is 0 Å². The molecule has 5 rings (SSSR count). The van der Waals surface area contributed by atoms with Crippen LogP contribution in [0.2, 0.25) is 0 Å². The zero-order valence-corrected chi connectivity index (χ0v) is 19.9. The predicted octanol–water partition coefficient (Wildman–Crippen LogP) is 2.95. The standard InChI is InChI=1S/C26H31N3O3S/c1-18-10-20(16-29(18)23-5-4-21-3-2-19(13-27)11-22(21)12-23)17-32-24-6-8-25(9-7-24)33(30,31)26-14-28-15-26/h2-3,6-9,11,18,20,23,26,28H,4-5,10,12,14-17H2,1H3. The molecule has 0 radical (unpaired) electrons. The van der Waals surface area contributed by atoms with E-state index in [-0.39, 0.29) is 5.25 Å². The molecule has 2 saturated heterocycles. The summed E-state index contributed by atoms with van der Waals surface area (Å²) in [5, 5.41) is 11.9. The number of aryl methyl sites for hydroxylation is 1. The van der Waals surface area contributed by atoms with Crippen molar-refractivity contribution in [1.29, 1.82) is 5.26 Å². The van der Waals surface area contributed by atoms with Gasteiger partial charge in [0.1, 0.15) is 5.75 Å². The average molecular weight is 466 g/mol. The number of hydrogen-bond donors (Lipinski definition) is 1. The summed E-state index contributed by atoms with van der Waals surface area (Å²) in [4.78, 5) is 3.00. The van der Waals surface area contributed by atoms with E-state index in [9.17, 15) is 13.7 Å². The van der Waals surface area contributed by atoms with E-state index in [1.165, 1.54) is 11.1 Å². The molecule has 33 heavy (non-hydrogen) atoms. The molecule has 3 atom stereocenters. The van der Waals surface area contributed by atoms with Crippen molar-refractivity contribution in [2.24, 2.45) is 5.92 Å². The van der Waals surface area contributed by atoms with E-state index in [0.717, 1.165) is 43.5 Å². The van der Waals surface area contributed by atoms with Gasteiger partial charge in [-0.05, 0) is 80.1 Å². The number of nitriles is 1. The monoisotopic (exact) mass is 465 g/mol. The molecule has 3 unspecified atom stereocenters. The number of benzene rings is 2. The lowest BCUT2D eigenvalue weighted by atomic mass is 9.86. The number of fused-ring (bicyclic) bond motifs is 1. The molecular formula is C26H31N3O3S. The van der Waals surface area contributed by atoms with Crippen LogP contribution in [0.5, 0.6) is 5.75 Å². The fourth-order valence-electron chi connectivity index (χ4n) is 5.50. The van der Waals surface area contributed by atoms with Crippen molar-refractivity contribution in [1.82, 2.24) is 10.2 Å². The third kappa shape index (κ3) is 4.52. The zero-order valence-electron chi connectivity index (χ0n) is 19.0. The summed E-state index contributed by atoms with van der Waals surface area (Å²) in [6.45, 7) is 5.02. The normalized spacial score (nSPS) is 25.8. The number of rotatable bonds is 6. The van der Waals surface area contributed by atoms with Gasteiger partial charge in [0.05, 0.1) is 28.4 Å². The quantitative estimate of drug-likeness (QED) is 0.706. The summed E-state index contributed by atoms with van der Waals surface area (Å²) in [6, 6.07) is 16.3. The van der Waals surface area contributed by atoms with Crippen LogP contribution in [0.3, 0.4) is 0 Å². The lowest BCUT2D eigenvalue weighted by Crippen LogP contribution is -2.51. The van der Waals surface area contributed by atoms with E-state index < -0.39 is 9.84 Å². The number of nitrogens with one attached hydrogen (secondary N) is 1. The molecule has 0 spiro atoms. The van der Waals surface area contributed by atoms with Crippen molar-refractivity contribution in [3.63, 3.8) is 0 Å². The summed E-state index contributed by atoms with van der Waals surface area (Å²) < 4.78 is 31.1. The van der Waals surface area contributed by atoms with Crippen LogP contribution in [0.4, 0.5) is 0 Å². The van der Waals surface area contributed by atoms with Gasteiger partial charge in [0.25, 0.3) is 0 Å². The predicted molar refractivity (Wildman–Crippen MR) is 127 cm³/mol. The van der Waals surface area contributed by atoms with Crippen molar-refractivity contribution in [3.8, 4) is 11.8 Å². The Morgan fingerprint density at radius 1 is 1.15 bits per heavy atom. The molecule has 0 saturated carbocycles. The van der Waals surface area contributed by atoms with E-state index >= 15 is 0 Å². The van der Waals surface area contributed by atoms with Crippen LogP contribution in [-0.4, -0.2) is 56.9 Å². The summed E-state index contributed by atoms with van der Waals surface area (Å²) >= 11 is 0. The molecule has 2 aromatic carbocycles. The fourth-order valence-corrected chi connectivity index (χ4v) is 7.08. The maximum absolute atomic E-state index is 12.5. The fraction of sp³-hybridized carbons (Fsp3) is 0.500. The highest BCUT2D eigenvalue weighted by atomic mass is 32.2. The van der Waals surface area contributed by atoms with Gasteiger partial charge in [-0.2, -0.15) is 5.26 Å². The Kier molecular flexibility index (Phi) is 6.17. The molecule has 2 aromatic rings. The van der Waals surface area contributed by atoms with Crippen molar-refractivity contribution in [3.05, 3.63) is 59.2 Å². The van der Waals surface area contributed by atoms with Crippen molar-refractivity contribution < 1.29 is 13.2 Å². The molecule has 0 aromatic heterocycles. The molecule has 174 valence electrons. The number of nitrogens with zero attached hydrogens (tertiary/aromatic N) is 2. The van der Waals surface area contributed by atoms with Gasteiger partial charge in [-0.1, -0.05) is 6.07 Å². The van der Waals surface area contributed by atoms with E-state index in [1.54, 1.807) is 24.3 Å². The summed E-state index contributed by atoms with van der Waals surface area (Å²) in [5.74, 6) is 1.18. The Labute approximate surface area is 196 Å². The topological polar surface area (TPSA) is 82.4 Å². The van der Waals surface area contributed by atoms with E-state index in [1.807, 2.05) is 6.07 Å². The minimum atomic E-state index is -3.24. The molecule has 1 N–H and O–H groups in total. The lowest BCUT2D eigenvalue weighted by Gasteiger charge is -2.35. The van der Waals surface area contributed by atoms with Crippen LogP contribution >= 0.6 is 0 Å². The molecule has 2 aliphatic heterocycles. The Hall–Kier alpha value is -2.40. The van der Waals surface area contributed by atoms with Crippen molar-refractivity contribution in [2.45, 2.75) is 54.8 Å². The molecule has 7 heteroatoms. The summed E-state index contributed by atoms with van der Waals surface area (Å²) in [6.07, 6.45) is 4.34. The third-order valence-electron chi connectivity index (χ3n) is 7.54. The molecule has 2 fully saturated rings. The van der Waals surface area contributed by atoms with Crippen molar-refractivity contribution in [2.75, 3.05) is 26.2 Å². The highest BCUT2D eigenvalue weighted by Gasteiger charge is 2.36. The summed E-state index contributed by atoms with van der Waals surface area (Å²) in [7, 11) is -3.24. The molecule has 6 nitrogen and oxygen atoms in total. The van der Waals surface area contributed by atoms with E-state index in [2.05, 4.69) is 35.3 Å². The Balaban J connectivity index is 1.17. The molecular weight excluding hydrogens is 434 g/mol. The van der Waals surface area contributed by atoms with E-state index in [4.69, 9.17) is 4.74 Å². The van der Waals surface area contributed by atoms with Crippen LogP contribution in [0.1, 0.15) is 36.5 Å². The highest BCUT2D eigenvalue weighted by molar-refractivity contribution is 7.92. The van der Waals surface area contributed by atoms with Crippen LogP contribution in [-0.2, 0) is 22.7 Å². The minimum Gasteiger partial charge on any atom is -0.493 e. The van der Waals surface area contributed by atoms with Gasteiger partial charge in [0, 0.05) is 37.6 Å². The van der Waals surface area contributed by atoms with Crippen LogP contribution in [0, 0.1) is 17.2 Å². The maximum atomic E-state index is 12.5. The van der Waals surface area contributed by atoms with Gasteiger partial charge in [-0.15, -0.1) is 0 Å². The average Bonchev–Trinajstić information content (AvgIpc) is 3.16. The summed E-state index contributed by atoms with van der Waals surface area (Å²) in [5.41, 5.74) is 3.46. The highest BCUT2D eigenvalue weighted by Crippen LogP contribution is 2.32. The first-order valence-corrected chi connectivity index (χ1v) is 13.4. The first kappa shape index (κ1) is 22.4. The number of sulfone groups is 1. The van der Waals surface area contributed by atoms with Gasteiger partial charge in [0.15, 0.2) is 9.84 Å². The molecule has 0 amide bonds. The second kappa shape index (κ2) is 9.09. The first-order chi connectivity index (χ1) is 15.9. The van der Waals surface area contributed by atoms with Gasteiger partial charge in [0.2, 0.25) is 0 Å². The first-order valence-electron chi connectivity index (χ1n) is 11.9. The maximum Gasteiger partial charge on any atom is 0.183 e. The number of likely N-dealkylation sites (tertiary alicyclic amines) is 1. The van der Waals surface area contributed by atoms with Gasteiger partial charge >= 0.3 is 0 Å². The third-order valence-corrected chi connectivity index (χ3v) is 9.68. The number of ether oxygens (including phenoxy) is 1. The van der Waals surface area contributed by atoms with Crippen molar-refractivity contribution >= 4 is 9.84 Å². The van der Waals surface area contributed by atoms with Crippen LogP contribution in [0.15, 0.2) is 47.4 Å².